The van der Waals surface area contributed by atoms with Crippen molar-refractivity contribution in [1.82, 2.24) is 20.6 Å². The summed E-state index contributed by atoms with van der Waals surface area (Å²) in [5.41, 5.74) is 6.26. The summed E-state index contributed by atoms with van der Waals surface area (Å²) in [4.78, 5) is 12.7. The smallest absolute Gasteiger partial charge is 0.340 e. The molecule has 2 N–H and O–H groups in total. The molecule has 0 saturated carbocycles. The van der Waals surface area contributed by atoms with E-state index in [9.17, 15) is 9.90 Å². The molecule has 5 rings (SSSR count). The third-order valence-electron chi connectivity index (χ3n) is 6.16. The van der Waals surface area contributed by atoms with Crippen LogP contribution < -0.4 is 0 Å². The Hall–Kier alpha value is -4.30. The van der Waals surface area contributed by atoms with Gasteiger partial charge in [0.05, 0.1) is 12.2 Å². The first-order chi connectivity index (χ1) is 17.5. The van der Waals surface area contributed by atoms with Crippen molar-refractivity contribution >= 4 is 12.0 Å². The van der Waals surface area contributed by atoms with E-state index in [0.29, 0.717) is 24.4 Å². The second kappa shape index (κ2) is 10.1. The molecule has 4 aromatic rings. The Bertz CT molecular complexity index is 1400. The molecule has 3 aromatic carbocycles. The van der Waals surface area contributed by atoms with Crippen LogP contribution in [0.15, 0.2) is 72.5 Å². The Kier molecular flexibility index (Phi) is 6.60. The van der Waals surface area contributed by atoms with Crippen molar-refractivity contribution in [3.8, 4) is 22.5 Å². The molecule has 8 nitrogen and oxygen atoms in total. The zero-order valence-corrected chi connectivity index (χ0v) is 20.0. The van der Waals surface area contributed by atoms with Crippen molar-refractivity contribution < 1.29 is 19.4 Å². The zero-order valence-electron chi connectivity index (χ0n) is 20.0. The van der Waals surface area contributed by atoms with Gasteiger partial charge in [-0.25, -0.2) is 4.79 Å². The predicted octanol–water partition coefficient (Wildman–Crippen LogP) is 4.75. The van der Waals surface area contributed by atoms with Crippen LogP contribution in [0.2, 0.25) is 0 Å². The number of aliphatic hydroxyl groups is 1. The van der Waals surface area contributed by atoms with Gasteiger partial charge in [0.25, 0.3) is 0 Å². The van der Waals surface area contributed by atoms with Crippen molar-refractivity contribution in [2.45, 2.75) is 32.5 Å². The maximum absolute atomic E-state index is 12.7. The van der Waals surface area contributed by atoms with Crippen molar-refractivity contribution in [2.75, 3.05) is 6.61 Å². The second-order valence-corrected chi connectivity index (χ2v) is 8.53. The minimum Gasteiger partial charge on any atom is -0.498 e. The van der Waals surface area contributed by atoms with Crippen LogP contribution in [0.5, 0.6) is 0 Å². The summed E-state index contributed by atoms with van der Waals surface area (Å²) in [5.74, 6) is 0.665. The van der Waals surface area contributed by atoms with Gasteiger partial charge in [-0.2, -0.15) is 5.21 Å². The lowest BCUT2D eigenvalue weighted by Gasteiger charge is -2.20. The van der Waals surface area contributed by atoms with E-state index in [-0.39, 0.29) is 5.92 Å². The van der Waals surface area contributed by atoms with E-state index in [2.05, 4.69) is 44.9 Å². The number of allylic oxidation sites excluding steroid dienone is 1. The molecule has 182 valence electrons. The molecule has 0 saturated heterocycles. The van der Waals surface area contributed by atoms with Crippen molar-refractivity contribution in [3.05, 3.63) is 94.7 Å². The lowest BCUT2D eigenvalue weighted by Crippen LogP contribution is -2.17. The number of ether oxygens (including phenoxy) is 2. The van der Waals surface area contributed by atoms with Crippen molar-refractivity contribution in [2.24, 2.45) is 0 Å². The van der Waals surface area contributed by atoms with E-state index >= 15 is 0 Å². The number of aliphatic hydroxyl groups excluding tert-OH is 1. The maximum atomic E-state index is 12.7. The fourth-order valence-corrected chi connectivity index (χ4v) is 4.66. The minimum absolute atomic E-state index is 0.143. The number of carbonyl (C=O) groups excluding carboxylic acids is 1. The third kappa shape index (κ3) is 4.63. The Balaban J connectivity index is 1.45. The summed E-state index contributed by atoms with van der Waals surface area (Å²) < 4.78 is 11.1. The van der Waals surface area contributed by atoms with Crippen LogP contribution in [0.3, 0.4) is 0 Å². The van der Waals surface area contributed by atoms with Crippen LogP contribution in [0.1, 0.15) is 46.8 Å². The number of carbonyl (C=O) groups is 1. The van der Waals surface area contributed by atoms with Crippen molar-refractivity contribution in [3.63, 3.8) is 0 Å². The van der Waals surface area contributed by atoms with Gasteiger partial charge in [-0.05, 0) is 65.4 Å². The Morgan fingerprint density at radius 3 is 2.53 bits per heavy atom. The Morgan fingerprint density at radius 2 is 1.83 bits per heavy atom. The molecule has 0 fully saturated rings. The van der Waals surface area contributed by atoms with Crippen LogP contribution in [0, 0.1) is 0 Å². The highest BCUT2D eigenvalue weighted by molar-refractivity contribution is 5.94. The summed E-state index contributed by atoms with van der Waals surface area (Å²) in [6.07, 6.45) is 1.44. The van der Waals surface area contributed by atoms with Gasteiger partial charge in [-0.3, -0.25) is 0 Å². The fourth-order valence-electron chi connectivity index (χ4n) is 4.66. The van der Waals surface area contributed by atoms with Gasteiger partial charge in [0.1, 0.15) is 5.76 Å². The number of rotatable bonds is 8. The molecular formula is C28H26N4O4. The van der Waals surface area contributed by atoms with Gasteiger partial charge in [-0.15, -0.1) is 10.2 Å². The average molecular weight is 483 g/mol. The van der Waals surface area contributed by atoms with Gasteiger partial charge in [0.2, 0.25) is 5.82 Å². The lowest BCUT2D eigenvalue weighted by atomic mass is 9.88. The van der Waals surface area contributed by atoms with Crippen LogP contribution in [-0.4, -0.2) is 44.6 Å². The maximum Gasteiger partial charge on any atom is 0.340 e. The van der Waals surface area contributed by atoms with E-state index in [1.807, 2.05) is 49.4 Å². The highest BCUT2D eigenvalue weighted by Crippen LogP contribution is 2.42. The first kappa shape index (κ1) is 23.4. The number of fused-ring (bicyclic) bond motifs is 1. The molecule has 1 aromatic heterocycles. The number of tetrazole rings is 1. The molecule has 2 unspecified atom stereocenters. The molecule has 1 aliphatic rings. The molecular weight excluding hydrogens is 456 g/mol. The van der Waals surface area contributed by atoms with E-state index < -0.39 is 12.3 Å². The Labute approximate surface area is 208 Å². The molecule has 0 radical (unpaired) electrons. The molecule has 8 heteroatoms. The zero-order chi connectivity index (χ0) is 25.1. The van der Waals surface area contributed by atoms with Crippen LogP contribution >= 0.6 is 0 Å². The first-order valence-corrected chi connectivity index (χ1v) is 11.8. The number of nitrogens with zero attached hydrogens (tertiary/aromatic N) is 3. The molecule has 1 heterocycles. The monoisotopic (exact) mass is 482 g/mol. The standard InChI is InChI=1S/C28H26N4O4/c1-3-35-25-16-20-7-6-10-23(28(34)36-17(2)33)26(20)24(25)15-18-11-13-19(14-12-18)21-8-4-5-9-22(21)27-29-31-32-30-27/h4-14,16-17,24,33H,3,15H2,1-2H3,(H,29,30,31,32). The fraction of sp³-hybridized carbons (Fsp3) is 0.214. The number of benzene rings is 3. The molecule has 1 aliphatic carbocycles. The minimum atomic E-state index is -1.18. The van der Waals surface area contributed by atoms with Gasteiger partial charge < -0.3 is 14.6 Å². The number of esters is 1. The van der Waals surface area contributed by atoms with Crippen molar-refractivity contribution in [1.29, 1.82) is 0 Å². The summed E-state index contributed by atoms with van der Waals surface area (Å²) in [6.45, 7) is 3.88. The SMILES string of the molecule is CCOC1=Cc2cccc(C(=O)OC(C)O)c2C1Cc1ccc(-c2ccccc2-c2nn[nH]n2)cc1. The van der Waals surface area contributed by atoms with Crippen LogP contribution in [0.4, 0.5) is 0 Å². The molecule has 2 atom stereocenters. The number of aromatic amines is 1. The number of aromatic nitrogens is 4. The normalized spacial score (nSPS) is 15.2. The molecule has 0 bridgehead atoms. The topological polar surface area (TPSA) is 110 Å². The predicted molar refractivity (Wildman–Crippen MR) is 135 cm³/mol. The van der Waals surface area contributed by atoms with E-state index in [1.54, 1.807) is 6.07 Å². The van der Waals surface area contributed by atoms with E-state index in [0.717, 1.165) is 39.1 Å². The molecule has 0 amide bonds. The van der Waals surface area contributed by atoms with Crippen LogP contribution in [-0.2, 0) is 15.9 Å². The molecule has 36 heavy (non-hydrogen) atoms. The van der Waals surface area contributed by atoms with Gasteiger partial charge in [0, 0.05) is 11.5 Å². The van der Waals surface area contributed by atoms with Gasteiger partial charge in [0.15, 0.2) is 6.29 Å². The lowest BCUT2D eigenvalue weighted by molar-refractivity contribution is -0.0524. The summed E-state index contributed by atoms with van der Waals surface area (Å²) in [6, 6.07) is 21.8. The number of nitrogens with one attached hydrogen (secondary N) is 1. The van der Waals surface area contributed by atoms with Crippen LogP contribution in [0.25, 0.3) is 28.6 Å². The van der Waals surface area contributed by atoms with Gasteiger partial charge >= 0.3 is 5.97 Å². The highest BCUT2D eigenvalue weighted by atomic mass is 16.6. The van der Waals surface area contributed by atoms with Gasteiger partial charge in [-0.1, -0.05) is 60.7 Å². The molecule has 0 aliphatic heterocycles. The number of hydrogen-bond acceptors (Lipinski definition) is 7. The molecule has 0 spiro atoms. The highest BCUT2D eigenvalue weighted by Gasteiger charge is 2.32. The summed E-state index contributed by atoms with van der Waals surface area (Å²) in [7, 11) is 0. The number of hydrogen-bond donors (Lipinski definition) is 2. The number of H-pyrrole nitrogens is 1. The Morgan fingerprint density at radius 1 is 1.06 bits per heavy atom. The third-order valence-corrected chi connectivity index (χ3v) is 6.16. The second-order valence-electron chi connectivity index (χ2n) is 8.53. The largest absolute Gasteiger partial charge is 0.498 e. The van der Waals surface area contributed by atoms with E-state index in [4.69, 9.17) is 9.47 Å². The first-order valence-electron chi connectivity index (χ1n) is 11.8. The summed E-state index contributed by atoms with van der Waals surface area (Å²) in [5, 5.41) is 24.0. The van der Waals surface area contributed by atoms with E-state index in [1.165, 1.54) is 6.92 Å². The average Bonchev–Trinajstić information content (AvgIpc) is 3.53. The quantitative estimate of drug-likeness (QED) is 0.276. The summed E-state index contributed by atoms with van der Waals surface area (Å²) >= 11 is 0.